The number of piperidine rings is 1. The molecule has 3 heterocycles. The molecule has 1 aromatic heterocycles. The number of ether oxygens (including phenoxy) is 1. The van der Waals surface area contributed by atoms with Crippen LogP contribution in [0.5, 0.6) is 5.75 Å². The summed E-state index contributed by atoms with van der Waals surface area (Å²) < 4.78 is 6.12. The maximum Gasteiger partial charge on any atom is 0.225 e. The maximum absolute atomic E-state index is 12.8. The maximum atomic E-state index is 12.8. The van der Waals surface area contributed by atoms with Crippen molar-refractivity contribution in [3.05, 3.63) is 65.4 Å². The summed E-state index contributed by atoms with van der Waals surface area (Å²) in [5, 5.41) is 15.0. The van der Waals surface area contributed by atoms with Crippen LogP contribution >= 0.6 is 0 Å². The number of fused-ring (bicyclic) bond motifs is 4. The van der Waals surface area contributed by atoms with Gasteiger partial charge in [0.25, 0.3) is 0 Å². The summed E-state index contributed by atoms with van der Waals surface area (Å²) in [5.41, 5.74) is 4.63. The van der Waals surface area contributed by atoms with E-state index in [1.54, 1.807) is 6.07 Å². The van der Waals surface area contributed by atoms with Gasteiger partial charge in [0.2, 0.25) is 5.91 Å². The summed E-state index contributed by atoms with van der Waals surface area (Å²) in [5.74, 6) is 0.892. The minimum atomic E-state index is -0.0170. The van der Waals surface area contributed by atoms with E-state index in [0.717, 1.165) is 50.8 Å². The first-order chi connectivity index (χ1) is 16.6. The molecule has 1 saturated carbocycles. The molecule has 6 heteroatoms. The van der Waals surface area contributed by atoms with E-state index in [4.69, 9.17) is 4.74 Å². The first-order valence-corrected chi connectivity index (χ1v) is 12.6. The molecule has 3 aromatic rings. The Morgan fingerprint density at radius 3 is 2.65 bits per heavy atom. The molecule has 2 aliphatic heterocycles. The van der Waals surface area contributed by atoms with Gasteiger partial charge in [0.15, 0.2) is 0 Å². The van der Waals surface area contributed by atoms with Crippen LogP contribution in [0.4, 0.5) is 0 Å². The van der Waals surface area contributed by atoms with Gasteiger partial charge in [-0.05, 0) is 48.9 Å². The van der Waals surface area contributed by atoms with E-state index in [1.165, 1.54) is 28.6 Å². The van der Waals surface area contributed by atoms with Crippen molar-refractivity contribution in [2.24, 2.45) is 5.92 Å². The van der Waals surface area contributed by atoms with Crippen molar-refractivity contribution in [1.29, 1.82) is 0 Å². The number of aromatic amines is 1. The van der Waals surface area contributed by atoms with Gasteiger partial charge in [-0.15, -0.1) is 0 Å². The Labute approximate surface area is 200 Å². The highest BCUT2D eigenvalue weighted by atomic mass is 16.5. The van der Waals surface area contributed by atoms with E-state index in [2.05, 4.69) is 27.3 Å². The average Bonchev–Trinajstić information content (AvgIpc) is 3.20. The number of carbonyl (C=O) groups excluding carboxylic acids is 1. The van der Waals surface area contributed by atoms with Crippen LogP contribution in [-0.2, 0) is 21.6 Å². The monoisotopic (exact) mass is 459 g/mol. The largest absolute Gasteiger partial charge is 0.508 e. The van der Waals surface area contributed by atoms with Gasteiger partial charge >= 0.3 is 0 Å². The van der Waals surface area contributed by atoms with Crippen molar-refractivity contribution in [2.45, 2.75) is 50.2 Å². The quantitative estimate of drug-likeness (QED) is 0.529. The second-order valence-corrected chi connectivity index (χ2v) is 10.3. The van der Waals surface area contributed by atoms with E-state index in [-0.39, 0.29) is 23.1 Å². The summed E-state index contributed by atoms with van der Waals surface area (Å²) in [6, 6.07) is 16.0. The molecule has 1 aliphatic carbocycles. The van der Waals surface area contributed by atoms with Crippen molar-refractivity contribution >= 4 is 16.8 Å². The summed E-state index contributed by atoms with van der Waals surface area (Å²) in [6.45, 7) is 3.66. The molecule has 34 heavy (non-hydrogen) atoms. The molecular formula is C28H33N3O3. The van der Waals surface area contributed by atoms with Gasteiger partial charge in [0.05, 0.1) is 19.3 Å². The van der Waals surface area contributed by atoms with Gasteiger partial charge in [-0.2, -0.15) is 0 Å². The van der Waals surface area contributed by atoms with E-state index in [9.17, 15) is 9.90 Å². The number of H-pyrrole nitrogens is 1. The topological polar surface area (TPSA) is 77.6 Å². The molecule has 3 N–H and O–H groups in total. The second kappa shape index (κ2) is 8.75. The van der Waals surface area contributed by atoms with Crippen molar-refractivity contribution < 1.29 is 14.6 Å². The van der Waals surface area contributed by atoms with Gasteiger partial charge in [0.1, 0.15) is 5.75 Å². The zero-order valence-electron chi connectivity index (χ0n) is 19.6. The Kier molecular flexibility index (Phi) is 5.58. The van der Waals surface area contributed by atoms with Gasteiger partial charge < -0.3 is 25.0 Å². The molecule has 6 nitrogen and oxygen atoms in total. The zero-order valence-corrected chi connectivity index (χ0v) is 19.6. The fourth-order valence-corrected chi connectivity index (χ4v) is 6.05. The van der Waals surface area contributed by atoms with E-state index < -0.39 is 0 Å². The van der Waals surface area contributed by atoms with Crippen LogP contribution in [0.3, 0.4) is 0 Å². The predicted molar refractivity (Wildman–Crippen MR) is 132 cm³/mol. The Morgan fingerprint density at radius 2 is 1.91 bits per heavy atom. The van der Waals surface area contributed by atoms with Gasteiger partial charge in [-0.3, -0.25) is 4.79 Å². The third kappa shape index (κ3) is 3.79. The number of hydrogen-bond acceptors (Lipinski definition) is 4. The lowest BCUT2D eigenvalue weighted by molar-refractivity contribution is -0.139. The number of likely N-dealkylation sites (tertiary alicyclic amines) is 1. The molecule has 2 fully saturated rings. The molecule has 1 saturated heterocycles. The average molecular weight is 460 g/mol. The van der Waals surface area contributed by atoms with Gasteiger partial charge in [-0.25, -0.2) is 0 Å². The van der Waals surface area contributed by atoms with Crippen LogP contribution in [0, 0.1) is 5.92 Å². The number of hydrogen-bond donors (Lipinski definition) is 3. The number of phenols is 1. The fraction of sp³-hybridized carbons (Fsp3) is 0.464. The summed E-state index contributed by atoms with van der Waals surface area (Å²) >= 11 is 0. The lowest BCUT2D eigenvalue weighted by Crippen LogP contribution is -2.54. The molecule has 3 aliphatic rings. The Balaban J connectivity index is 1.25. The normalized spacial score (nSPS) is 22.0. The van der Waals surface area contributed by atoms with Crippen LogP contribution in [0.1, 0.15) is 55.0 Å². The number of benzene rings is 2. The lowest BCUT2D eigenvalue weighted by Gasteiger charge is -2.47. The molecule has 2 aromatic carbocycles. The third-order valence-corrected chi connectivity index (χ3v) is 8.26. The SMILES string of the molecule is O=C(C1CCC1)N1CCC2(CC1)CNC(COCc1ccccc1)c1[nH]c3cc(O)ccc3c12. The summed E-state index contributed by atoms with van der Waals surface area (Å²) in [7, 11) is 0. The van der Waals surface area contributed by atoms with Crippen molar-refractivity contribution in [2.75, 3.05) is 26.2 Å². The molecule has 0 bridgehead atoms. The second-order valence-electron chi connectivity index (χ2n) is 10.3. The van der Waals surface area contributed by atoms with Crippen molar-refractivity contribution in [3.8, 4) is 5.75 Å². The number of rotatable bonds is 5. The Hall–Kier alpha value is -2.83. The predicted octanol–water partition coefficient (Wildman–Crippen LogP) is 4.39. The van der Waals surface area contributed by atoms with E-state index >= 15 is 0 Å². The number of nitrogens with one attached hydrogen (secondary N) is 2. The lowest BCUT2D eigenvalue weighted by atomic mass is 9.68. The Morgan fingerprint density at radius 1 is 1.12 bits per heavy atom. The van der Waals surface area contributed by atoms with Gasteiger partial charge in [-0.1, -0.05) is 36.8 Å². The minimum Gasteiger partial charge on any atom is -0.508 e. The molecule has 1 spiro atoms. The van der Waals surface area contributed by atoms with Crippen LogP contribution < -0.4 is 5.32 Å². The first-order valence-electron chi connectivity index (χ1n) is 12.6. The zero-order chi connectivity index (χ0) is 23.1. The third-order valence-electron chi connectivity index (χ3n) is 8.26. The molecule has 178 valence electrons. The molecule has 6 rings (SSSR count). The number of amides is 1. The van der Waals surface area contributed by atoms with E-state index in [0.29, 0.717) is 19.1 Å². The number of phenolic OH excluding ortho intramolecular Hbond substituents is 1. The highest BCUT2D eigenvalue weighted by Gasteiger charge is 2.45. The number of aromatic nitrogens is 1. The minimum absolute atomic E-state index is 0.0170. The van der Waals surface area contributed by atoms with Crippen LogP contribution in [0.2, 0.25) is 0 Å². The molecule has 0 radical (unpaired) electrons. The molecule has 1 amide bonds. The van der Waals surface area contributed by atoms with Crippen molar-refractivity contribution in [3.63, 3.8) is 0 Å². The molecular weight excluding hydrogens is 426 g/mol. The standard InChI is InChI=1S/C28H33N3O3/c32-21-9-10-22-23(15-21)30-26-24(17-34-16-19-5-2-1-3-6-19)29-18-28(25(22)26)11-13-31(14-12-28)27(33)20-7-4-8-20/h1-3,5-6,9-10,15,20,24,29-30,32H,4,7-8,11-14,16-18H2. The van der Waals surface area contributed by atoms with Crippen LogP contribution in [0.25, 0.3) is 10.9 Å². The van der Waals surface area contributed by atoms with Crippen molar-refractivity contribution in [1.82, 2.24) is 15.2 Å². The fourth-order valence-electron chi connectivity index (χ4n) is 6.05. The summed E-state index contributed by atoms with van der Waals surface area (Å²) in [4.78, 5) is 18.6. The number of aromatic hydroxyl groups is 1. The molecule has 1 atom stereocenters. The first kappa shape index (κ1) is 21.7. The highest BCUT2D eigenvalue weighted by Crippen LogP contribution is 2.46. The summed E-state index contributed by atoms with van der Waals surface area (Å²) in [6.07, 6.45) is 5.22. The van der Waals surface area contributed by atoms with Crippen LogP contribution in [0.15, 0.2) is 48.5 Å². The van der Waals surface area contributed by atoms with E-state index in [1.807, 2.05) is 30.3 Å². The molecule has 1 unspecified atom stereocenters. The van der Waals surface area contributed by atoms with Gasteiger partial charge in [0, 0.05) is 53.6 Å². The van der Waals surface area contributed by atoms with Crippen LogP contribution in [-0.4, -0.2) is 47.1 Å². The Bertz CT molecular complexity index is 1180. The number of carbonyl (C=O) groups is 1. The highest BCUT2D eigenvalue weighted by molar-refractivity contribution is 5.88. The smallest absolute Gasteiger partial charge is 0.225 e. The number of nitrogens with zero attached hydrogens (tertiary/aromatic N) is 1.